The number of hydrogen-bond acceptors (Lipinski definition) is 2. The minimum absolute atomic E-state index is 0.662. The SMILES string of the molecule is Brc1c2c(nn1C1CCC1)CNCC2. The lowest BCUT2D eigenvalue weighted by Gasteiger charge is -2.26. The maximum absolute atomic E-state index is 4.68. The van der Waals surface area contributed by atoms with Gasteiger partial charge in [-0.05, 0) is 48.2 Å². The monoisotopic (exact) mass is 255 g/mol. The van der Waals surface area contributed by atoms with Gasteiger partial charge in [0.15, 0.2) is 0 Å². The van der Waals surface area contributed by atoms with Gasteiger partial charge in [-0.25, -0.2) is 0 Å². The minimum Gasteiger partial charge on any atom is -0.311 e. The molecule has 0 bridgehead atoms. The molecular formula is C10H14BrN3. The summed E-state index contributed by atoms with van der Waals surface area (Å²) in [5.41, 5.74) is 2.67. The molecule has 1 aliphatic carbocycles. The van der Waals surface area contributed by atoms with Crippen LogP contribution in [0.2, 0.25) is 0 Å². The van der Waals surface area contributed by atoms with Crippen molar-refractivity contribution in [2.75, 3.05) is 6.54 Å². The first kappa shape index (κ1) is 8.92. The number of nitrogens with one attached hydrogen (secondary N) is 1. The van der Waals surface area contributed by atoms with E-state index in [1.807, 2.05) is 0 Å². The van der Waals surface area contributed by atoms with Crippen molar-refractivity contribution in [3.8, 4) is 0 Å². The molecule has 1 aromatic heterocycles. The van der Waals surface area contributed by atoms with Crippen LogP contribution in [0.5, 0.6) is 0 Å². The summed E-state index contributed by atoms with van der Waals surface area (Å²) >= 11 is 3.68. The molecule has 0 radical (unpaired) electrons. The van der Waals surface area contributed by atoms with Crippen molar-refractivity contribution >= 4 is 15.9 Å². The molecule has 0 aromatic carbocycles. The summed E-state index contributed by atoms with van der Waals surface area (Å²) in [6, 6.07) is 0.662. The van der Waals surface area contributed by atoms with Gasteiger partial charge in [0.2, 0.25) is 0 Å². The highest BCUT2D eigenvalue weighted by Gasteiger charge is 2.26. The standard InChI is InChI=1S/C10H14BrN3/c11-10-8-4-5-12-6-9(8)13-14(10)7-2-1-3-7/h7,12H,1-6H2. The predicted octanol–water partition coefficient (Wildman–Crippen LogP) is 2.02. The van der Waals surface area contributed by atoms with Crippen LogP contribution in [0.1, 0.15) is 36.6 Å². The Morgan fingerprint density at radius 3 is 2.93 bits per heavy atom. The fraction of sp³-hybridized carbons (Fsp3) is 0.700. The molecule has 1 saturated carbocycles. The van der Waals surface area contributed by atoms with Gasteiger partial charge in [-0.3, -0.25) is 4.68 Å². The van der Waals surface area contributed by atoms with Gasteiger partial charge in [-0.15, -0.1) is 0 Å². The first-order chi connectivity index (χ1) is 6.86. The lowest BCUT2D eigenvalue weighted by atomic mass is 9.93. The van der Waals surface area contributed by atoms with Gasteiger partial charge >= 0.3 is 0 Å². The number of fused-ring (bicyclic) bond motifs is 1. The maximum Gasteiger partial charge on any atom is 0.107 e. The van der Waals surface area contributed by atoms with E-state index in [4.69, 9.17) is 0 Å². The summed E-state index contributed by atoms with van der Waals surface area (Å²) in [5, 5.41) is 8.04. The Kier molecular flexibility index (Phi) is 2.13. The van der Waals surface area contributed by atoms with Crippen molar-refractivity contribution in [1.82, 2.24) is 15.1 Å². The van der Waals surface area contributed by atoms with Gasteiger partial charge in [-0.1, -0.05) is 0 Å². The van der Waals surface area contributed by atoms with Crippen LogP contribution in [-0.2, 0) is 13.0 Å². The van der Waals surface area contributed by atoms with Crippen LogP contribution in [0.4, 0.5) is 0 Å². The summed E-state index contributed by atoms with van der Waals surface area (Å²) in [6.07, 6.45) is 5.07. The van der Waals surface area contributed by atoms with Crippen LogP contribution in [-0.4, -0.2) is 16.3 Å². The average Bonchev–Trinajstić information content (AvgIpc) is 2.43. The third kappa shape index (κ3) is 1.24. The first-order valence-electron chi connectivity index (χ1n) is 5.33. The Morgan fingerprint density at radius 1 is 1.43 bits per heavy atom. The molecule has 0 saturated heterocycles. The van der Waals surface area contributed by atoms with Crippen LogP contribution >= 0.6 is 15.9 Å². The Morgan fingerprint density at radius 2 is 2.29 bits per heavy atom. The molecular weight excluding hydrogens is 242 g/mol. The third-order valence-corrected chi connectivity index (χ3v) is 4.13. The number of rotatable bonds is 1. The second-order valence-electron chi connectivity index (χ2n) is 4.17. The molecule has 0 spiro atoms. The molecule has 1 fully saturated rings. The van der Waals surface area contributed by atoms with Crippen molar-refractivity contribution in [1.29, 1.82) is 0 Å². The van der Waals surface area contributed by atoms with Crippen LogP contribution < -0.4 is 5.32 Å². The summed E-state index contributed by atoms with van der Waals surface area (Å²) in [5.74, 6) is 0. The number of aromatic nitrogens is 2. The zero-order valence-electron chi connectivity index (χ0n) is 8.09. The van der Waals surface area contributed by atoms with E-state index >= 15 is 0 Å². The maximum atomic E-state index is 4.68. The quantitative estimate of drug-likeness (QED) is 0.833. The predicted molar refractivity (Wildman–Crippen MR) is 58.2 cm³/mol. The smallest absolute Gasteiger partial charge is 0.107 e. The topological polar surface area (TPSA) is 29.9 Å². The van der Waals surface area contributed by atoms with Crippen molar-refractivity contribution in [2.24, 2.45) is 0 Å². The summed E-state index contributed by atoms with van der Waals surface area (Å²) in [6.45, 7) is 2.02. The molecule has 1 aromatic rings. The Labute approximate surface area is 92.0 Å². The molecule has 3 rings (SSSR count). The van der Waals surface area contributed by atoms with Gasteiger partial charge in [0.1, 0.15) is 4.60 Å². The van der Waals surface area contributed by atoms with Gasteiger partial charge in [0, 0.05) is 12.1 Å². The summed E-state index contributed by atoms with van der Waals surface area (Å²) in [7, 11) is 0. The highest BCUT2D eigenvalue weighted by atomic mass is 79.9. The lowest BCUT2D eigenvalue weighted by molar-refractivity contribution is 0.283. The second kappa shape index (κ2) is 3.35. The summed E-state index contributed by atoms with van der Waals surface area (Å²) < 4.78 is 3.43. The van der Waals surface area contributed by atoms with E-state index in [2.05, 4.69) is 31.0 Å². The van der Waals surface area contributed by atoms with Crippen LogP contribution in [0.15, 0.2) is 4.60 Å². The highest BCUT2D eigenvalue weighted by molar-refractivity contribution is 9.10. The molecule has 1 N–H and O–H groups in total. The fourth-order valence-corrected chi connectivity index (χ4v) is 2.97. The van der Waals surface area contributed by atoms with E-state index < -0.39 is 0 Å². The van der Waals surface area contributed by atoms with Crippen molar-refractivity contribution in [2.45, 2.75) is 38.3 Å². The van der Waals surface area contributed by atoms with Crippen LogP contribution in [0.25, 0.3) is 0 Å². The van der Waals surface area contributed by atoms with Gasteiger partial charge in [-0.2, -0.15) is 5.10 Å². The largest absolute Gasteiger partial charge is 0.311 e. The van der Waals surface area contributed by atoms with Crippen molar-refractivity contribution < 1.29 is 0 Å². The molecule has 0 atom stereocenters. The molecule has 2 heterocycles. The Hall–Kier alpha value is -0.350. The summed E-state index contributed by atoms with van der Waals surface area (Å²) in [4.78, 5) is 0. The van der Waals surface area contributed by atoms with E-state index in [0.29, 0.717) is 6.04 Å². The van der Waals surface area contributed by atoms with Crippen LogP contribution in [0, 0.1) is 0 Å². The molecule has 1 aliphatic heterocycles. The van der Waals surface area contributed by atoms with Gasteiger partial charge in [0.25, 0.3) is 0 Å². The molecule has 3 nitrogen and oxygen atoms in total. The Balaban J connectivity index is 2.00. The molecule has 14 heavy (non-hydrogen) atoms. The van der Waals surface area contributed by atoms with Gasteiger partial charge in [0.05, 0.1) is 11.7 Å². The Bertz CT molecular complexity index is 354. The lowest BCUT2D eigenvalue weighted by Crippen LogP contribution is -2.23. The van der Waals surface area contributed by atoms with Crippen molar-refractivity contribution in [3.63, 3.8) is 0 Å². The van der Waals surface area contributed by atoms with Gasteiger partial charge < -0.3 is 5.32 Å². The second-order valence-corrected chi connectivity index (χ2v) is 4.92. The number of nitrogens with zero attached hydrogens (tertiary/aromatic N) is 2. The van der Waals surface area contributed by atoms with Crippen LogP contribution in [0.3, 0.4) is 0 Å². The minimum atomic E-state index is 0.662. The van der Waals surface area contributed by atoms with Crippen molar-refractivity contribution in [3.05, 3.63) is 15.9 Å². The van der Waals surface area contributed by atoms with E-state index in [1.165, 1.54) is 35.1 Å². The zero-order chi connectivity index (χ0) is 9.54. The molecule has 0 amide bonds. The van der Waals surface area contributed by atoms with E-state index in [-0.39, 0.29) is 0 Å². The number of hydrogen-bond donors (Lipinski definition) is 1. The normalized spacial score (nSPS) is 21.8. The number of halogens is 1. The molecule has 0 unspecified atom stereocenters. The third-order valence-electron chi connectivity index (χ3n) is 3.29. The average molecular weight is 256 g/mol. The first-order valence-corrected chi connectivity index (χ1v) is 6.12. The molecule has 4 heteroatoms. The molecule has 76 valence electrons. The fourth-order valence-electron chi connectivity index (χ4n) is 2.17. The van der Waals surface area contributed by atoms with E-state index in [1.54, 1.807) is 0 Å². The zero-order valence-corrected chi connectivity index (χ0v) is 9.68. The van der Waals surface area contributed by atoms with E-state index in [0.717, 1.165) is 19.5 Å². The molecule has 2 aliphatic rings. The van der Waals surface area contributed by atoms with E-state index in [9.17, 15) is 0 Å². The highest BCUT2D eigenvalue weighted by Crippen LogP contribution is 2.36.